The Bertz CT molecular complexity index is 1110. The topological polar surface area (TPSA) is 93.1 Å². The van der Waals surface area contributed by atoms with E-state index in [9.17, 15) is 13.2 Å². The Labute approximate surface area is 170 Å². The van der Waals surface area contributed by atoms with Crippen molar-refractivity contribution < 1.29 is 13.2 Å². The van der Waals surface area contributed by atoms with E-state index < -0.39 is 16.1 Å². The summed E-state index contributed by atoms with van der Waals surface area (Å²) >= 11 is 0. The highest BCUT2D eigenvalue weighted by atomic mass is 32.2. The Hall–Kier alpha value is -2.97. The maximum atomic E-state index is 12.8. The van der Waals surface area contributed by atoms with Gasteiger partial charge in [-0.15, -0.1) is 0 Å². The third-order valence-corrected chi connectivity index (χ3v) is 6.16. The van der Waals surface area contributed by atoms with Crippen LogP contribution in [0.3, 0.4) is 0 Å². The van der Waals surface area contributed by atoms with Crippen molar-refractivity contribution in [2.75, 3.05) is 6.54 Å². The van der Waals surface area contributed by atoms with Crippen LogP contribution in [0.25, 0.3) is 0 Å². The van der Waals surface area contributed by atoms with Gasteiger partial charge in [0.2, 0.25) is 10.0 Å². The summed E-state index contributed by atoms with van der Waals surface area (Å²) in [5, 5.41) is 6.90. The molecule has 1 amide bonds. The Morgan fingerprint density at radius 3 is 2.48 bits per heavy atom. The van der Waals surface area contributed by atoms with Gasteiger partial charge in [-0.1, -0.05) is 48.0 Å². The lowest BCUT2D eigenvalue weighted by atomic mass is 10.1. The van der Waals surface area contributed by atoms with Crippen LogP contribution < -0.4 is 10.0 Å². The number of sulfonamides is 1. The molecule has 1 unspecified atom stereocenters. The minimum absolute atomic E-state index is 0.0195. The number of aryl methyl sites for hydroxylation is 3. The third kappa shape index (κ3) is 5.10. The summed E-state index contributed by atoms with van der Waals surface area (Å²) in [5.41, 5.74) is 2.87. The third-order valence-electron chi connectivity index (χ3n) is 4.57. The molecule has 0 aliphatic carbocycles. The molecule has 0 saturated carbocycles. The van der Waals surface area contributed by atoms with E-state index in [4.69, 9.17) is 0 Å². The maximum absolute atomic E-state index is 12.8. The lowest BCUT2D eigenvalue weighted by Gasteiger charge is -2.20. The summed E-state index contributed by atoms with van der Waals surface area (Å²) in [6.07, 6.45) is 3.08. The SMILES string of the molecule is Cc1ccc(S(=O)(=O)NCC(NC(=O)c2cnn(C)c2)c2ccccc2)c(C)c1. The summed E-state index contributed by atoms with van der Waals surface area (Å²) < 4.78 is 29.8. The van der Waals surface area contributed by atoms with E-state index in [2.05, 4.69) is 15.1 Å². The molecular weight excluding hydrogens is 388 g/mol. The standard InChI is InChI=1S/C21H24N4O3S/c1-15-9-10-20(16(2)11-15)29(27,28)23-13-19(17-7-5-4-6-8-17)24-21(26)18-12-22-25(3)14-18/h4-12,14,19,23H,13H2,1-3H3,(H,24,26). The van der Waals surface area contributed by atoms with Gasteiger partial charge in [-0.25, -0.2) is 13.1 Å². The van der Waals surface area contributed by atoms with Crippen LogP contribution in [0.2, 0.25) is 0 Å². The molecule has 0 saturated heterocycles. The minimum Gasteiger partial charge on any atom is -0.344 e. The number of nitrogens with one attached hydrogen (secondary N) is 2. The molecule has 0 radical (unpaired) electrons. The molecule has 3 aromatic rings. The monoisotopic (exact) mass is 412 g/mol. The van der Waals surface area contributed by atoms with Crippen molar-refractivity contribution >= 4 is 15.9 Å². The highest BCUT2D eigenvalue weighted by Gasteiger charge is 2.22. The van der Waals surface area contributed by atoms with E-state index in [0.717, 1.165) is 11.1 Å². The van der Waals surface area contributed by atoms with Crippen molar-refractivity contribution in [3.8, 4) is 0 Å². The van der Waals surface area contributed by atoms with Gasteiger partial charge in [-0.3, -0.25) is 9.48 Å². The lowest BCUT2D eigenvalue weighted by Crippen LogP contribution is -2.38. The van der Waals surface area contributed by atoms with Gasteiger partial charge < -0.3 is 5.32 Å². The molecule has 0 aliphatic rings. The van der Waals surface area contributed by atoms with E-state index >= 15 is 0 Å². The van der Waals surface area contributed by atoms with Gasteiger partial charge in [-0.2, -0.15) is 5.10 Å². The predicted octanol–water partition coefficient (Wildman–Crippen LogP) is 2.49. The van der Waals surface area contributed by atoms with Crippen LogP contribution in [0.1, 0.15) is 33.1 Å². The van der Waals surface area contributed by atoms with Crippen LogP contribution in [0.5, 0.6) is 0 Å². The van der Waals surface area contributed by atoms with Crippen LogP contribution >= 0.6 is 0 Å². The Morgan fingerprint density at radius 1 is 1.14 bits per heavy atom. The number of nitrogens with zero attached hydrogens (tertiary/aromatic N) is 2. The Morgan fingerprint density at radius 2 is 1.86 bits per heavy atom. The molecule has 2 N–H and O–H groups in total. The molecule has 152 valence electrons. The molecule has 0 fully saturated rings. The molecule has 3 rings (SSSR count). The molecule has 0 aliphatic heterocycles. The highest BCUT2D eigenvalue weighted by molar-refractivity contribution is 7.89. The Kier molecular flexibility index (Phi) is 6.14. The van der Waals surface area contributed by atoms with Gasteiger partial charge in [0.15, 0.2) is 0 Å². The minimum atomic E-state index is -3.72. The summed E-state index contributed by atoms with van der Waals surface area (Å²) in [6.45, 7) is 3.70. The number of aromatic nitrogens is 2. The summed E-state index contributed by atoms with van der Waals surface area (Å²) in [7, 11) is -2.00. The van der Waals surface area contributed by atoms with Gasteiger partial charge in [-0.05, 0) is 31.0 Å². The van der Waals surface area contributed by atoms with Gasteiger partial charge in [0, 0.05) is 19.8 Å². The normalized spacial score (nSPS) is 12.5. The van der Waals surface area contributed by atoms with Gasteiger partial charge in [0.1, 0.15) is 0 Å². The number of amides is 1. The first-order valence-corrected chi connectivity index (χ1v) is 10.7. The zero-order chi connectivity index (χ0) is 21.0. The van der Waals surface area contributed by atoms with Crippen molar-refractivity contribution in [1.82, 2.24) is 19.8 Å². The molecule has 8 heteroatoms. The van der Waals surface area contributed by atoms with Gasteiger partial charge >= 0.3 is 0 Å². The zero-order valence-electron chi connectivity index (χ0n) is 16.6. The van der Waals surface area contributed by atoms with Crippen molar-refractivity contribution in [2.45, 2.75) is 24.8 Å². The van der Waals surface area contributed by atoms with E-state index in [1.54, 1.807) is 32.3 Å². The second kappa shape index (κ2) is 8.59. The van der Waals surface area contributed by atoms with Crippen molar-refractivity contribution in [3.63, 3.8) is 0 Å². The fourth-order valence-electron chi connectivity index (χ4n) is 3.09. The van der Waals surface area contributed by atoms with E-state index in [1.807, 2.05) is 43.3 Å². The summed E-state index contributed by atoms with van der Waals surface area (Å²) in [6, 6.07) is 13.9. The number of carbonyl (C=O) groups excluding carboxylic acids is 1. The van der Waals surface area contributed by atoms with Gasteiger partial charge in [0.25, 0.3) is 5.91 Å². The molecule has 1 atom stereocenters. The van der Waals surface area contributed by atoms with E-state index in [0.29, 0.717) is 11.1 Å². The molecule has 7 nitrogen and oxygen atoms in total. The van der Waals surface area contributed by atoms with Crippen LogP contribution in [-0.2, 0) is 17.1 Å². The van der Waals surface area contributed by atoms with Crippen LogP contribution in [0.15, 0.2) is 65.8 Å². The fourth-order valence-corrected chi connectivity index (χ4v) is 4.36. The highest BCUT2D eigenvalue weighted by Crippen LogP contribution is 2.18. The second-order valence-electron chi connectivity index (χ2n) is 6.96. The average molecular weight is 413 g/mol. The molecule has 0 spiro atoms. The van der Waals surface area contributed by atoms with Crippen molar-refractivity contribution in [3.05, 3.63) is 83.2 Å². The number of benzene rings is 2. The first-order chi connectivity index (χ1) is 13.8. The summed E-state index contributed by atoms with van der Waals surface area (Å²) in [4.78, 5) is 12.8. The van der Waals surface area contributed by atoms with Crippen LogP contribution in [0, 0.1) is 13.8 Å². The smallest absolute Gasteiger partial charge is 0.254 e. The van der Waals surface area contributed by atoms with Crippen molar-refractivity contribution in [1.29, 1.82) is 0 Å². The molecule has 1 aromatic heterocycles. The zero-order valence-corrected chi connectivity index (χ0v) is 17.4. The predicted molar refractivity (Wildman–Crippen MR) is 111 cm³/mol. The largest absolute Gasteiger partial charge is 0.344 e. The molecule has 2 aromatic carbocycles. The van der Waals surface area contributed by atoms with Crippen molar-refractivity contribution in [2.24, 2.45) is 7.05 Å². The molecule has 0 bridgehead atoms. The number of hydrogen-bond donors (Lipinski definition) is 2. The maximum Gasteiger partial charge on any atom is 0.254 e. The van der Waals surface area contributed by atoms with E-state index in [-0.39, 0.29) is 17.3 Å². The van der Waals surface area contributed by atoms with Gasteiger partial charge in [0.05, 0.1) is 22.7 Å². The lowest BCUT2D eigenvalue weighted by molar-refractivity contribution is 0.0937. The first kappa shape index (κ1) is 20.8. The molecule has 1 heterocycles. The number of hydrogen-bond acceptors (Lipinski definition) is 4. The fraction of sp³-hybridized carbons (Fsp3) is 0.238. The first-order valence-electron chi connectivity index (χ1n) is 9.17. The Balaban J connectivity index is 1.81. The number of carbonyl (C=O) groups is 1. The van der Waals surface area contributed by atoms with Crippen LogP contribution in [-0.4, -0.2) is 30.7 Å². The quantitative estimate of drug-likeness (QED) is 0.624. The molecule has 29 heavy (non-hydrogen) atoms. The second-order valence-corrected chi connectivity index (χ2v) is 8.70. The average Bonchev–Trinajstić information content (AvgIpc) is 3.12. The molecular formula is C21H24N4O3S. The van der Waals surface area contributed by atoms with Crippen LogP contribution in [0.4, 0.5) is 0 Å². The van der Waals surface area contributed by atoms with E-state index in [1.165, 1.54) is 10.9 Å². The number of rotatable bonds is 7. The summed E-state index contributed by atoms with van der Waals surface area (Å²) in [5.74, 6) is -0.322.